The lowest BCUT2D eigenvalue weighted by molar-refractivity contribution is 0.00831. The summed E-state index contributed by atoms with van der Waals surface area (Å²) in [6, 6.07) is 3.76. The quantitative estimate of drug-likeness (QED) is 0.839. The predicted octanol–water partition coefficient (Wildman–Crippen LogP) is 1.75. The van der Waals surface area contributed by atoms with E-state index in [1.165, 1.54) is 0 Å². The Hall–Kier alpha value is -2.15. The maximum atomic E-state index is 12.9. The third-order valence-electron chi connectivity index (χ3n) is 5.43. The van der Waals surface area contributed by atoms with Crippen LogP contribution in [0.4, 0.5) is 0 Å². The highest BCUT2D eigenvalue weighted by Gasteiger charge is 2.51. The van der Waals surface area contributed by atoms with Crippen LogP contribution in [0.3, 0.4) is 0 Å². The molecule has 2 aliphatic rings. The van der Waals surface area contributed by atoms with E-state index < -0.39 is 0 Å². The van der Waals surface area contributed by atoms with Gasteiger partial charge in [-0.2, -0.15) is 4.98 Å². The van der Waals surface area contributed by atoms with E-state index in [-0.39, 0.29) is 17.2 Å². The van der Waals surface area contributed by atoms with Crippen molar-refractivity contribution in [2.75, 3.05) is 26.3 Å². The summed E-state index contributed by atoms with van der Waals surface area (Å²) in [5.41, 5.74) is 0.678. The van der Waals surface area contributed by atoms with Gasteiger partial charge < -0.3 is 18.7 Å². The molecule has 0 unspecified atom stereocenters. The molecular formula is C17H22N4O3. The Bertz CT molecular complexity index is 745. The van der Waals surface area contributed by atoms with Crippen LogP contribution in [-0.4, -0.2) is 51.8 Å². The van der Waals surface area contributed by atoms with Gasteiger partial charge in [0, 0.05) is 45.0 Å². The molecule has 4 rings (SSSR count). The van der Waals surface area contributed by atoms with E-state index in [1.807, 2.05) is 41.8 Å². The lowest BCUT2D eigenvalue weighted by Crippen LogP contribution is -2.37. The van der Waals surface area contributed by atoms with Crippen LogP contribution in [0, 0.1) is 12.3 Å². The Morgan fingerprint density at radius 2 is 2.17 bits per heavy atom. The first-order valence-electron chi connectivity index (χ1n) is 8.38. The van der Waals surface area contributed by atoms with Crippen molar-refractivity contribution in [1.82, 2.24) is 19.6 Å². The summed E-state index contributed by atoms with van der Waals surface area (Å²) in [5.74, 6) is 1.43. The van der Waals surface area contributed by atoms with Crippen LogP contribution in [0.15, 0.2) is 22.9 Å². The number of hydrogen-bond acceptors (Lipinski definition) is 5. The molecule has 0 aliphatic carbocycles. The van der Waals surface area contributed by atoms with E-state index >= 15 is 0 Å². The number of nitrogens with zero attached hydrogens (tertiary/aromatic N) is 4. The maximum Gasteiger partial charge on any atom is 0.270 e. The van der Waals surface area contributed by atoms with Gasteiger partial charge in [0.1, 0.15) is 5.69 Å². The highest BCUT2D eigenvalue weighted by molar-refractivity contribution is 5.93. The van der Waals surface area contributed by atoms with Crippen LogP contribution in [0.2, 0.25) is 0 Å². The van der Waals surface area contributed by atoms with Crippen molar-refractivity contribution >= 4 is 5.91 Å². The molecule has 2 saturated heterocycles. The normalized spacial score (nSPS) is 23.1. The minimum Gasteiger partial charge on any atom is -0.381 e. The van der Waals surface area contributed by atoms with Crippen molar-refractivity contribution in [1.29, 1.82) is 0 Å². The molecule has 2 aliphatic heterocycles. The van der Waals surface area contributed by atoms with Gasteiger partial charge >= 0.3 is 0 Å². The largest absolute Gasteiger partial charge is 0.381 e. The number of carbonyl (C=O) groups is 1. The first-order valence-corrected chi connectivity index (χ1v) is 8.38. The summed E-state index contributed by atoms with van der Waals surface area (Å²) in [5, 5.41) is 3.95. The van der Waals surface area contributed by atoms with E-state index in [2.05, 4.69) is 10.1 Å². The number of rotatable bonds is 2. The molecular weight excluding hydrogens is 308 g/mol. The fourth-order valence-corrected chi connectivity index (χ4v) is 4.05. The van der Waals surface area contributed by atoms with Crippen LogP contribution in [0.25, 0.3) is 0 Å². The lowest BCUT2D eigenvalue weighted by Gasteiger charge is -2.36. The highest BCUT2D eigenvalue weighted by atomic mass is 16.5. The average molecular weight is 330 g/mol. The van der Waals surface area contributed by atoms with Gasteiger partial charge in [0.15, 0.2) is 5.82 Å². The van der Waals surface area contributed by atoms with E-state index in [9.17, 15) is 4.79 Å². The Balaban J connectivity index is 1.65. The molecule has 2 aromatic heterocycles. The third-order valence-corrected chi connectivity index (χ3v) is 5.43. The van der Waals surface area contributed by atoms with Crippen molar-refractivity contribution in [3.05, 3.63) is 35.7 Å². The van der Waals surface area contributed by atoms with Crippen LogP contribution < -0.4 is 0 Å². The summed E-state index contributed by atoms with van der Waals surface area (Å²) >= 11 is 0. The maximum absolute atomic E-state index is 12.9. The van der Waals surface area contributed by atoms with Gasteiger partial charge in [-0.25, -0.2) is 0 Å². The van der Waals surface area contributed by atoms with Crippen molar-refractivity contribution in [3.63, 3.8) is 0 Å². The zero-order valence-corrected chi connectivity index (χ0v) is 14.1. The molecule has 2 aromatic rings. The van der Waals surface area contributed by atoms with Crippen LogP contribution in [-0.2, 0) is 11.8 Å². The molecule has 7 heteroatoms. The number of likely N-dealkylation sites (tertiary alicyclic amines) is 1. The Labute approximate surface area is 140 Å². The Kier molecular flexibility index (Phi) is 3.68. The first-order chi connectivity index (χ1) is 11.6. The predicted molar refractivity (Wildman–Crippen MR) is 85.6 cm³/mol. The molecule has 0 aromatic carbocycles. The zero-order valence-electron chi connectivity index (χ0n) is 14.1. The number of ether oxygens (including phenoxy) is 1. The second-order valence-corrected chi connectivity index (χ2v) is 6.90. The smallest absolute Gasteiger partial charge is 0.270 e. The molecule has 7 nitrogen and oxygen atoms in total. The molecule has 2 fully saturated rings. The van der Waals surface area contributed by atoms with Gasteiger partial charge in [-0.05, 0) is 31.9 Å². The van der Waals surface area contributed by atoms with Crippen LogP contribution >= 0.6 is 0 Å². The van der Waals surface area contributed by atoms with Gasteiger partial charge in [0.2, 0.25) is 5.89 Å². The van der Waals surface area contributed by atoms with Crippen molar-refractivity contribution < 1.29 is 14.1 Å². The van der Waals surface area contributed by atoms with Gasteiger partial charge in [-0.15, -0.1) is 0 Å². The summed E-state index contributed by atoms with van der Waals surface area (Å²) in [6.07, 6.45) is 3.72. The molecule has 0 saturated carbocycles. The lowest BCUT2D eigenvalue weighted by atomic mass is 9.72. The van der Waals surface area contributed by atoms with Crippen LogP contribution in [0.1, 0.15) is 41.0 Å². The zero-order chi connectivity index (χ0) is 16.7. The fraction of sp³-hybridized carbons (Fsp3) is 0.588. The fourth-order valence-electron chi connectivity index (χ4n) is 4.05. The monoisotopic (exact) mass is 330 g/mol. The van der Waals surface area contributed by atoms with Gasteiger partial charge in [0.25, 0.3) is 5.91 Å². The third kappa shape index (κ3) is 2.43. The second-order valence-electron chi connectivity index (χ2n) is 6.90. The number of carbonyl (C=O) groups excluding carboxylic acids is 1. The summed E-state index contributed by atoms with van der Waals surface area (Å²) in [4.78, 5) is 19.3. The first kappa shape index (κ1) is 15.4. The Morgan fingerprint density at radius 1 is 1.38 bits per heavy atom. The summed E-state index contributed by atoms with van der Waals surface area (Å²) in [7, 11) is 1.90. The van der Waals surface area contributed by atoms with Crippen molar-refractivity contribution in [2.45, 2.75) is 25.7 Å². The number of aromatic nitrogens is 3. The summed E-state index contributed by atoms with van der Waals surface area (Å²) in [6.45, 7) is 4.59. The minimum atomic E-state index is -0.0297. The number of amides is 1. The van der Waals surface area contributed by atoms with E-state index in [0.29, 0.717) is 30.5 Å². The molecule has 1 amide bonds. The molecule has 0 radical (unpaired) electrons. The number of aryl methyl sites for hydroxylation is 2. The average Bonchev–Trinajstić information content (AvgIpc) is 3.27. The van der Waals surface area contributed by atoms with Gasteiger partial charge in [0.05, 0.1) is 5.92 Å². The van der Waals surface area contributed by atoms with Crippen molar-refractivity contribution in [3.8, 4) is 0 Å². The van der Waals surface area contributed by atoms with Crippen molar-refractivity contribution in [2.24, 2.45) is 12.5 Å². The second kappa shape index (κ2) is 5.73. The number of hydrogen-bond donors (Lipinski definition) is 0. The molecule has 4 heterocycles. The van der Waals surface area contributed by atoms with E-state index in [1.54, 1.807) is 0 Å². The molecule has 1 atom stereocenters. The van der Waals surface area contributed by atoms with Crippen LogP contribution in [0.5, 0.6) is 0 Å². The molecule has 1 spiro atoms. The minimum absolute atomic E-state index is 0.0297. The molecule has 24 heavy (non-hydrogen) atoms. The van der Waals surface area contributed by atoms with E-state index in [4.69, 9.17) is 9.26 Å². The standard InChI is InChI=1S/C17H22N4O3/c1-12-18-15(24-19-12)13-10-21(11-17(13)5-8-23-9-6-17)16(22)14-4-3-7-20(14)2/h3-4,7,13H,5-6,8-11H2,1-2H3/t13-/m0/s1. The van der Waals surface area contributed by atoms with Gasteiger partial charge in [-0.1, -0.05) is 5.16 Å². The highest BCUT2D eigenvalue weighted by Crippen LogP contribution is 2.49. The Morgan fingerprint density at radius 3 is 2.79 bits per heavy atom. The van der Waals surface area contributed by atoms with Gasteiger partial charge in [-0.3, -0.25) is 4.79 Å². The topological polar surface area (TPSA) is 73.4 Å². The SMILES string of the molecule is Cc1noc([C@@H]2CN(C(=O)c3cccn3C)CC23CCOCC3)n1. The summed E-state index contributed by atoms with van der Waals surface area (Å²) < 4.78 is 12.9. The molecule has 0 bridgehead atoms. The molecule has 0 N–H and O–H groups in total. The molecule has 128 valence electrons. The van der Waals surface area contributed by atoms with E-state index in [0.717, 1.165) is 26.1 Å².